The number of nitrogens with zero attached hydrogens (tertiary/aromatic N) is 3. The summed E-state index contributed by atoms with van der Waals surface area (Å²) < 4.78 is 5.46. The molecule has 3 heterocycles. The van der Waals surface area contributed by atoms with Crippen molar-refractivity contribution in [1.29, 1.82) is 0 Å². The minimum Gasteiger partial charge on any atom is -0.340 e. The Labute approximate surface area is 209 Å². The van der Waals surface area contributed by atoms with E-state index in [-0.39, 0.29) is 12.4 Å². The molecule has 2 aromatic heterocycles. The minimum atomic E-state index is 0. The van der Waals surface area contributed by atoms with Gasteiger partial charge in [-0.25, -0.2) is 4.98 Å². The van der Waals surface area contributed by atoms with Gasteiger partial charge in [-0.1, -0.05) is 69.2 Å². The average molecular weight is 484 g/mol. The number of rotatable bonds is 13. The van der Waals surface area contributed by atoms with Crippen LogP contribution < -0.4 is 10.6 Å². The number of anilines is 2. The van der Waals surface area contributed by atoms with Crippen molar-refractivity contribution >= 4 is 23.9 Å². The van der Waals surface area contributed by atoms with Gasteiger partial charge in [0.05, 0.1) is 5.92 Å². The highest BCUT2D eigenvalue weighted by atomic mass is 35.5. The number of hydrogen-bond acceptors (Lipinski definition) is 6. The molecule has 0 saturated carbocycles. The molecule has 3 aromatic rings. The first-order chi connectivity index (χ1) is 16.3. The number of aryl methyl sites for hydroxylation is 1. The molecular weight excluding hydrogens is 446 g/mol. The Morgan fingerprint density at radius 2 is 1.74 bits per heavy atom. The van der Waals surface area contributed by atoms with Crippen LogP contribution in [0.1, 0.15) is 82.1 Å². The molecule has 0 radical (unpaired) electrons. The summed E-state index contributed by atoms with van der Waals surface area (Å²) in [5.74, 6) is 2.43. The van der Waals surface area contributed by atoms with Crippen molar-refractivity contribution in [3.05, 3.63) is 54.0 Å². The molecule has 1 atom stereocenters. The van der Waals surface area contributed by atoms with Crippen LogP contribution in [0.2, 0.25) is 0 Å². The van der Waals surface area contributed by atoms with Crippen molar-refractivity contribution in [2.24, 2.45) is 0 Å². The third-order valence-corrected chi connectivity index (χ3v) is 6.42. The zero-order chi connectivity index (χ0) is 22.7. The van der Waals surface area contributed by atoms with Gasteiger partial charge in [0.25, 0.3) is 0 Å². The Morgan fingerprint density at radius 1 is 0.971 bits per heavy atom. The third kappa shape index (κ3) is 7.81. The molecule has 1 aromatic carbocycles. The number of halogens is 1. The van der Waals surface area contributed by atoms with Gasteiger partial charge in [0.2, 0.25) is 11.7 Å². The Bertz CT molecular complexity index is 952. The number of hydrogen-bond donors (Lipinski definition) is 2. The van der Waals surface area contributed by atoms with E-state index in [0.717, 1.165) is 43.0 Å². The van der Waals surface area contributed by atoms with Crippen molar-refractivity contribution in [2.75, 3.05) is 18.4 Å². The summed E-state index contributed by atoms with van der Waals surface area (Å²) in [6, 6.07) is 12.6. The van der Waals surface area contributed by atoms with Crippen LogP contribution >= 0.6 is 12.4 Å². The van der Waals surface area contributed by atoms with Gasteiger partial charge in [-0.2, -0.15) is 4.98 Å². The van der Waals surface area contributed by atoms with Crippen LogP contribution in [-0.4, -0.2) is 28.2 Å². The maximum atomic E-state index is 5.46. The summed E-state index contributed by atoms with van der Waals surface area (Å²) in [6.07, 6.45) is 14.9. The number of aromatic nitrogens is 3. The molecular formula is C27H38ClN5O. The van der Waals surface area contributed by atoms with E-state index < -0.39 is 0 Å². The molecule has 6 nitrogen and oxygen atoms in total. The first-order valence-electron chi connectivity index (χ1n) is 12.7. The molecule has 0 bridgehead atoms. The maximum absolute atomic E-state index is 5.46. The van der Waals surface area contributed by atoms with E-state index in [4.69, 9.17) is 4.52 Å². The number of pyridine rings is 1. The molecule has 184 valence electrons. The Morgan fingerprint density at radius 3 is 2.41 bits per heavy atom. The lowest BCUT2D eigenvalue weighted by molar-refractivity contribution is 0.359. The smallest absolute Gasteiger partial charge is 0.231 e. The topological polar surface area (TPSA) is 75.9 Å². The van der Waals surface area contributed by atoms with Crippen LogP contribution in [0, 0.1) is 0 Å². The Kier molecular flexibility index (Phi) is 10.8. The normalized spacial score (nSPS) is 15.3. The van der Waals surface area contributed by atoms with Gasteiger partial charge in [0.1, 0.15) is 5.82 Å². The first kappa shape index (κ1) is 26.2. The van der Waals surface area contributed by atoms with Gasteiger partial charge >= 0.3 is 0 Å². The van der Waals surface area contributed by atoms with Gasteiger partial charge in [0, 0.05) is 24.0 Å². The second-order valence-corrected chi connectivity index (χ2v) is 9.12. The fourth-order valence-corrected chi connectivity index (χ4v) is 4.35. The van der Waals surface area contributed by atoms with Gasteiger partial charge in [0.15, 0.2) is 0 Å². The highest BCUT2D eigenvalue weighted by molar-refractivity contribution is 5.85. The summed E-state index contributed by atoms with van der Waals surface area (Å²) >= 11 is 0. The fourth-order valence-electron chi connectivity index (χ4n) is 4.35. The monoisotopic (exact) mass is 483 g/mol. The number of unbranched alkanes of at least 4 members (excludes halogenated alkanes) is 7. The van der Waals surface area contributed by atoms with E-state index in [1.54, 1.807) is 6.20 Å². The Hall–Kier alpha value is -2.44. The highest BCUT2D eigenvalue weighted by Gasteiger charge is 2.23. The quantitative estimate of drug-likeness (QED) is 0.253. The third-order valence-electron chi connectivity index (χ3n) is 6.42. The maximum Gasteiger partial charge on any atom is 0.231 e. The molecule has 0 spiro atoms. The molecule has 2 N–H and O–H groups in total. The van der Waals surface area contributed by atoms with Crippen molar-refractivity contribution in [3.8, 4) is 11.4 Å². The van der Waals surface area contributed by atoms with Crippen LogP contribution in [0.5, 0.6) is 0 Å². The molecule has 1 fully saturated rings. The summed E-state index contributed by atoms with van der Waals surface area (Å²) in [6.45, 7) is 4.18. The minimum absolute atomic E-state index is 0. The SMILES string of the molecule is CCCCCCCCCCc1ccc(Nc2ccc(-c3noc(C4CCNC4)n3)cn2)cc1.Cl. The molecule has 0 aliphatic carbocycles. The fraction of sp³-hybridized carbons (Fsp3) is 0.519. The number of benzene rings is 1. The van der Waals surface area contributed by atoms with Crippen LogP contribution in [0.25, 0.3) is 11.4 Å². The molecule has 0 amide bonds. The van der Waals surface area contributed by atoms with Crippen molar-refractivity contribution in [3.63, 3.8) is 0 Å². The van der Waals surface area contributed by atoms with Crippen molar-refractivity contribution in [2.45, 2.75) is 77.0 Å². The summed E-state index contributed by atoms with van der Waals surface area (Å²) in [5.41, 5.74) is 3.31. The first-order valence-corrected chi connectivity index (χ1v) is 12.7. The van der Waals surface area contributed by atoms with Gasteiger partial charge in [-0.15, -0.1) is 12.4 Å². The zero-order valence-electron chi connectivity index (χ0n) is 20.3. The predicted molar refractivity (Wildman–Crippen MR) is 141 cm³/mol. The second kappa shape index (κ2) is 14.1. The predicted octanol–water partition coefficient (Wildman–Crippen LogP) is 7.06. The molecule has 4 rings (SSSR count). The van der Waals surface area contributed by atoms with Crippen LogP contribution in [-0.2, 0) is 6.42 Å². The molecule has 7 heteroatoms. The lowest BCUT2D eigenvalue weighted by Crippen LogP contribution is -2.08. The second-order valence-electron chi connectivity index (χ2n) is 9.12. The highest BCUT2D eigenvalue weighted by Crippen LogP contribution is 2.24. The van der Waals surface area contributed by atoms with Crippen LogP contribution in [0.4, 0.5) is 11.5 Å². The standard InChI is InChI=1S/C27H37N5O.ClH/c1-2-3-4-5-6-7-8-9-10-21-11-14-24(15-12-21)30-25-16-13-22(20-29-25)26-31-27(33-32-26)23-17-18-28-19-23;/h11-16,20,23,28H,2-10,17-19H2,1H3,(H,29,30);1H. The molecule has 1 aliphatic rings. The van der Waals surface area contributed by atoms with Gasteiger partial charge in [-0.05, 0) is 55.6 Å². The van der Waals surface area contributed by atoms with Gasteiger partial charge in [-0.3, -0.25) is 0 Å². The van der Waals surface area contributed by atoms with Crippen molar-refractivity contribution in [1.82, 2.24) is 20.4 Å². The molecule has 1 aliphatic heterocycles. The largest absolute Gasteiger partial charge is 0.340 e. The molecule has 1 saturated heterocycles. The van der Waals surface area contributed by atoms with E-state index in [0.29, 0.717) is 17.6 Å². The summed E-state index contributed by atoms with van der Waals surface area (Å²) in [7, 11) is 0. The van der Waals surface area contributed by atoms with E-state index in [2.05, 4.69) is 56.9 Å². The molecule has 34 heavy (non-hydrogen) atoms. The van der Waals surface area contributed by atoms with Crippen LogP contribution in [0.3, 0.4) is 0 Å². The van der Waals surface area contributed by atoms with E-state index in [1.807, 2.05) is 12.1 Å². The zero-order valence-corrected chi connectivity index (χ0v) is 21.1. The molecule has 1 unspecified atom stereocenters. The van der Waals surface area contributed by atoms with Gasteiger partial charge < -0.3 is 15.2 Å². The van der Waals surface area contributed by atoms with Crippen LogP contribution in [0.15, 0.2) is 47.1 Å². The van der Waals surface area contributed by atoms with E-state index >= 15 is 0 Å². The number of nitrogens with one attached hydrogen (secondary N) is 2. The Balaban J connectivity index is 0.00000324. The summed E-state index contributed by atoms with van der Waals surface area (Å²) in [5, 5.41) is 10.8. The average Bonchev–Trinajstić information content (AvgIpc) is 3.55. The van der Waals surface area contributed by atoms with E-state index in [1.165, 1.54) is 56.9 Å². The van der Waals surface area contributed by atoms with E-state index in [9.17, 15) is 0 Å². The van der Waals surface area contributed by atoms with Crippen molar-refractivity contribution < 1.29 is 4.52 Å². The lowest BCUT2D eigenvalue weighted by Gasteiger charge is -2.07. The lowest BCUT2D eigenvalue weighted by atomic mass is 10.0. The summed E-state index contributed by atoms with van der Waals surface area (Å²) in [4.78, 5) is 9.09.